The highest BCUT2D eigenvalue weighted by atomic mass is 32.2. The standard InChI is InChI=1S/C31H20FN3O5S/c32-23-11-6-19(7-12-23)25-15-10-22(17-33)29(34-25)41-27-16-28(37)35(30(27)38)24-13-8-21(9-14-24)31(39)40-18-26(36)20-4-2-1-3-5-20/h1-15,27H,16,18H2. The van der Waals surface area contributed by atoms with E-state index in [0.29, 0.717) is 16.8 Å². The van der Waals surface area contributed by atoms with E-state index < -0.39 is 35.5 Å². The number of esters is 1. The zero-order valence-corrected chi connectivity index (χ0v) is 22.1. The van der Waals surface area contributed by atoms with Crippen molar-refractivity contribution in [2.75, 3.05) is 11.5 Å². The van der Waals surface area contributed by atoms with Gasteiger partial charge < -0.3 is 4.74 Å². The van der Waals surface area contributed by atoms with Crippen LogP contribution < -0.4 is 4.90 Å². The van der Waals surface area contributed by atoms with Gasteiger partial charge in [-0.3, -0.25) is 14.4 Å². The number of anilines is 1. The van der Waals surface area contributed by atoms with Gasteiger partial charge in [-0.25, -0.2) is 19.1 Å². The molecule has 0 saturated carbocycles. The van der Waals surface area contributed by atoms with Crippen molar-refractivity contribution in [3.8, 4) is 17.3 Å². The van der Waals surface area contributed by atoms with Crippen molar-refractivity contribution in [1.82, 2.24) is 4.98 Å². The normalized spacial score (nSPS) is 14.5. The Balaban J connectivity index is 1.27. The lowest BCUT2D eigenvalue weighted by Crippen LogP contribution is -2.31. The number of carbonyl (C=O) groups excluding carboxylic acids is 4. The molecule has 1 unspecified atom stereocenters. The van der Waals surface area contributed by atoms with E-state index in [0.717, 1.165) is 16.7 Å². The molecule has 1 aliphatic rings. The molecule has 10 heteroatoms. The summed E-state index contributed by atoms with van der Waals surface area (Å²) in [5.41, 5.74) is 2.22. The van der Waals surface area contributed by atoms with E-state index in [1.807, 2.05) is 0 Å². The van der Waals surface area contributed by atoms with Crippen LogP contribution in [0.1, 0.15) is 32.7 Å². The van der Waals surface area contributed by atoms with Crippen molar-refractivity contribution in [1.29, 1.82) is 5.26 Å². The molecule has 4 aromatic rings. The van der Waals surface area contributed by atoms with E-state index >= 15 is 0 Å². The van der Waals surface area contributed by atoms with Crippen molar-refractivity contribution in [2.45, 2.75) is 16.7 Å². The minimum absolute atomic E-state index is 0.109. The fourth-order valence-electron chi connectivity index (χ4n) is 4.17. The Kier molecular flexibility index (Phi) is 7.99. The number of ketones is 1. The number of nitrogens with zero attached hydrogens (tertiary/aromatic N) is 3. The summed E-state index contributed by atoms with van der Waals surface area (Å²) in [6, 6.07) is 25.1. The lowest BCUT2D eigenvalue weighted by molar-refractivity contribution is -0.121. The Bertz CT molecular complexity index is 1690. The number of rotatable bonds is 8. The van der Waals surface area contributed by atoms with Crippen LogP contribution in [0.15, 0.2) is 96.0 Å². The molecule has 1 fully saturated rings. The topological polar surface area (TPSA) is 117 Å². The number of hydrogen-bond acceptors (Lipinski definition) is 8. The van der Waals surface area contributed by atoms with E-state index in [4.69, 9.17) is 4.74 Å². The number of imide groups is 1. The smallest absolute Gasteiger partial charge is 0.338 e. The highest BCUT2D eigenvalue weighted by molar-refractivity contribution is 8.00. The number of nitriles is 1. The molecule has 1 aliphatic heterocycles. The average Bonchev–Trinajstić information content (AvgIpc) is 3.28. The zero-order valence-electron chi connectivity index (χ0n) is 21.3. The first-order valence-electron chi connectivity index (χ1n) is 12.4. The molecule has 41 heavy (non-hydrogen) atoms. The van der Waals surface area contributed by atoms with Gasteiger partial charge in [-0.1, -0.05) is 42.1 Å². The number of hydrogen-bond donors (Lipinski definition) is 0. The molecule has 1 saturated heterocycles. The molecule has 2 amide bonds. The Hall–Kier alpha value is -5.14. The number of pyridine rings is 1. The molecule has 202 valence electrons. The monoisotopic (exact) mass is 565 g/mol. The molecule has 3 aromatic carbocycles. The summed E-state index contributed by atoms with van der Waals surface area (Å²) in [6.45, 7) is -0.423. The van der Waals surface area contributed by atoms with Gasteiger partial charge in [0.15, 0.2) is 12.4 Å². The van der Waals surface area contributed by atoms with Gasteiger partial charge in [-0.15, -0.1) is 0 Å². The number of benzene rings is 3. The quantitative estimate of drug-likeness (QED) is 0.162. The van der Waals surface area contributed by atoms with E-state index in [2.05, 4.69) is 11.1 Å². The number of aromatic nitrogens is 1. The van der Waals surface area contributed by atoms with E-state index in [-0.39, 0.29) is 34.0 Å². The summed E-state index contributed by atoms with van der Waals surface area (Å²) in [4.78, 5) is 56.2. The molecule has 5 rings (SSSR count). The molecule has 1 atom stereocenters. The number of amides is 2. The van der Waals surface area contributed by atoms with Crippen molar-refractivity contribution in [3.63, 3.8) is 0 Å². The number of ether oxygens (including phenoxy) is 1. The maximum absolute atomic E-state index is 13.3. The van der Waals surface area contributed by atoms with Crippen LogP contribution in [0.5, 0.6) is 0 Å². The zero-order chi connectivity index (χ0) is 28.9. The van der Waals surface area contributed by atoms with Crippen LogP contribution in [0, 0.1) is 17.1 Å². The number of carbonyl (C=O) groups is 4. The minimum Gasteiger partial charge on any atom is -0.454 e. The van der Waals surface area contributed by atoms with Crippen molar-refractivity contribution in [2.24, 2.45) is 0 Å². The van der Waals surface area contributed by atoms with Gasteiger partial charge in [0.2, 0.25) is 11.8 Å². The van der Waals surface area contributed by atoms with Gasteiger partial charge in [-0.05, 0) is 60.7 Å². The van der Waals surface area contributed by atoms with Gasteiger partial charge in [-0.2, -0.15) is 5.26 Å². The Morgan fingerprint density at radius 2 is 1.66 bits per heavy atom. The number of Topliss-reactive ketones (excluding diaryl/α,β-unsaturated/α-hetero) is 1. The number of halogens is 1. The highest BCUT2D eigenvalue weighted by Gasteiger charge is 2.40. The molecule has 0 spiro atoms. The molecular weight excluding hydrogens is 545 g/mol. The first kappa shape index (κ1) is 27.4. The lowest BCUT2D eigenvalue weighted by atomic mass is 10.1. The predicted octanol–water partition coefficient (Wildman–Crippen LogP) is 5.22. The van der Waals surface area contributed by atoms with Crippen molar-refractivity contribution < 1.29 is 28.3 Å². The Labute approximate surface area is 238 Å². The van der Waals surface area contributed by atoms with E-state index in [1.165, 1.54) is 36.4 Å². The van der Waals surface area contributed by atoms with Crippen LogP contribution in [0.4, 0.5) is 10.1 Å². The second-order valence-electron chi connectivity index (χ2n) is 8.96. The second-order valence-corrected chi connectivity index (χ2v) is 10.1. The lowest BCUT2D eigenvalue weighted by Gasteiger charge is -2.15. The van der Waals surface area contributed by atoms with Crippen LogP contribution in [0.25, 0.3) is 11.3 Å². The van der Waals surface area contributed by atoms with Crippen molar-refractivity contribution in [3.05, 3.63) is 114 Å². The summed E-state index contributed by atoms with van der Waals surface area (Å²) in [5, 5.41) is 9.03. The molecule has 0 N–H and O–H groups in total. The Morgan fingerprint density at radius 1 is 0.951 bits per heavy atom. The maximum atomic E-state index is 13.3. The van der Waals surface area contributed by atoms with E-state index in [1.54, 1.807) is 54.6 Å². The largest absolute Gasteiger partial charge is 0.454 e. The van der Waals surface area contributed by atoms with Crippen LogP contribution in [0.3, 0.4) is 0 Å². The second kappa shape index (κ2) is 11.9. The number of thioether (sulfide) groups is 1. The predicted molar refractivity (Wildman–Crippen MR) is 149 cm³/mol. The van der Waals surface area contributed by atoms with Crippen molar-refractivity contribution >= 4 is 41.0 Å². The van der Waals surface area contributed by atoms with Gasteiger partial charge in [0.1, 0.15) is 16.9 Å². The van der Waals surface area contributed by atoms with Crippen LogP contribution in [-0.4, -0.2) is 40.4 Å². The van der Waals surface area contributed by atoms with Gasteiger partial charge in [0.25, 0.3) is 0 Å². The summed E-state index contributed by atoms with van der Waals surface area (Å²) in [5.74, 6) is -2.38. The molecule has 0 bridgehead atoms. The average molecular weight is 566 g/mol. The first-order valence-corrected chi connectivity index (χ1v) is 13.3. The third-order valence-corrected chi connectivity index (χ3v) is 7.46. The molecule has 1 aromatic heterocycles. The molecular formula is C31H20FN3O5S. The third-order valence-electron chi connectivity index (χ3n) is 6.27. The van der Waals surface area contributed by atoms with Crippen LogP contribution >= 0.6 is 11.8 Å². The SMILES string of the molecule is N#Cc1ccc(-c2ccc(F)cc2)nc1SC1CC(=O)N(c2ccc(C(=O)OCC(=O)c3ccccc3)cc2)C1=O. The molecule has 8 nitrogen and oxygen atoms in total. The molecule has 2 heterocycles. The molecule has 0 aliphatic carbocycles. The van der Waals surface area contributed by atoms with Gasteiger partial charge in [0, 0.05) is 17.5 Å². The van der Waals surface area contributed by atoms with Gasteiger partial charge in [0.05, 0.1) is 27.8 Å². The molecule has 0 radical (unpaired) electrons. The third kappa shape index (κ3) is 6.05. The minimum atomic E-state index is -0.820. The summed E-state index contributed by atoms with van der Waals surface area (Å²) in [7, 11) is 0. The van der Waals surface area contributed by atoms with Crippen LogP contribution in [-0.2, 0) is 14.3 Å². The van der Waals surface area contributed by atoms with Crippen LogP contribution in [0.2, 0.25) is 0 Å². The van der Waals surface area contributed by atoms with E-state index in [9.17, 15) is 28.8 Å². The highest BCUT2D eigenvalue weighted by Crippen LogP contribution is 2.35. The maximum Gasteiger partial charge on any atom is 0.338 e. The van der Waals surface area contributed by atoms with Gasteiger partial charge >= 0.3 is 5.97 Å². The first-order chi connectivity index (χ1) is 19.8. The fraction of sp³-hybridized carbons (Fsp3) is 0.0968. The Morgan fingerprint density at radius 3 is 2.34 bits per heavy atom. The summed E-state index contributed by atoms with van der Waals surface area (Å²) >= 11 is 1.01. The summed E-state index contributed by atoms with van der Waals surface area (Å²) < 4.78 is 18.4. The fourth-order valence-corrected chi connectivity index (χ4v) is 5.26. The summed E-state index contributed by atoms with van der Waals surface area (Å²) in [6.07, 6.45) is -0.109.